The van der Waals surface area contributed by atoms with Crippen molar-refractivity contribution in [2.75, 3.05) is 0 Å². The highest BCUT2D eigenvalue weighted by Gasteiger charge is 2.46. The van der Waals surface area contributed by atoms with Crippen molar-refractivity contribution in [1.82, 2.24) is 0 Å². The van der Waals surface area contributed by atoms with Gasteiger partial charge in [-0.1, -0.05) is 72.8 Å². The van der Waals surface area contributed by atoms with Gasteiger partial charge in [-0.25, -0.2) is 28.7 Å². The van der Waals surface area contributed by atoms with Crippen molar-refractivity contribution >= 4 is 35.8 Å². The fourth-order valence-electron chi connectivity index (χ4n) is 8.76. The maximum atomic E-state index is 12.9. The van der Waals surface area contributed by atoms with E-state index in [1.54, 1.807) is 48.5 Å². The SMILES string of the molecule is O=C(Oc1ccc(Oc2ccc(C3(c4ccc(Oc5ccc(OC(=O)c6ccc7c(c6)C(=[OH+])OC7=O)cc5)cc4)c4ccccc4-c4ccccc43)cc2)cc1)c1ccc2c(c1)C(=O)OC2=O. The van der Waals surface area contributed by atoms with Gasteiger partial charge in [-0.2, -0.15) is 0 Å². The molecule has 67 heavy (non-hydrogen) atoms. The van der Waals surface area contributed by atoms with Crippen LogP contribution in [0, 0.1) is 0 Å². The lowest BCUT2D eigenvalue weighted by Crippen LogP contribution is -2.28. The molecule has 0 fully saturated rings. The number of carbonyl (C=O) groups excluding carboxylic acids is 6. The fraction of sp³-hybridized carbons (Fsp3) is 0.0182. The second kappa shape index (κ2) is 16.0. The molecule has 12 heteroatoms. The molecule has 1 aliphatic carbocycles. The van der Waals surface area contributed by atoms with Crippen molar-refractivity contribution in [3.8, 4) is 45.6 Å². The smallest absolute Gasteiger partial charge is 0.457 e. The Morgan fingerprint density at radius 3 is 1.24 bits per heavy atom. The number of carbonyl (C=O) groups is 5. The van der Waals surface area contributed by atoms with Crippen molar-refractivity contribution in [2.45, 2.75) is 5.41 Å². The summed E-state index contributed by atoms with van der Waals surface area (Å²) in [5.74, 6) is -1.46. The summed E-state index contributed by atoms with van der Waals surface area (Å²) in [5, 5.41) is 0. The van der Waals surface area contributed by atoms with Gasteiger partial charge in [0.1, 0.15) is 45.6 Å². The van der Waals surface area contributed by atoms with Crippen molar-refractivity contribution in [3.63, 3.8) is 0 Å². The van der Waals surface area contributed by atoms with E-state index < -0.39 is 41.2 Å². The second-order valence-electron chi connectivity index (χ2n) is 15.7. The minimum absolute atomic E-state index is 0.0171. The van der Waals surface area contributed by atoms with Gasteiger partial charge in [0, 0.05) is 0 Å². The zero-order valence-corrected chi connectivity index (χ0v) is 34.8. The van der Waals surface area contributed by atoms with E-state index in [2.05, 4.69) is 53.3 Å². The number of fused-ring (bicyclic) bond motifs is 5. The minimum Gasteiger partial charge on any atom is -0.457 e. The molecule has 1 N–H and O–H groups in total. The topological polar surface area (TPSA) is 162 Å². The normalized spacial score (nSPS) is 13.7. The van der Waals surface area contributed by atoms with E-state index in [1.165, 1.54) is 36.4 Å². The van der Waals surface area contributed by atoms with Gasteiger partial charge in [0.15, 0.2) is 0 Å². The zero-order valence-electron chi connectivity index (χ0n) is 34.8. The summed E-state index contributed by atoms with van der Waals surface area (Å²) in [4.78, 5) is 71.3. The van der Waals surface area contributed by atoms with Crippen LogP contribution in [-0.2, 0) is 14.9 Å². The molecule has 0 spiro atoms. The number of ether oxygens (including phenoxy) is 6. The lowest BCUT2D eigenvalue weighted by Gasteiger charge is -2.34. The van der Waals surface area contributed by atoms with Crippen LogP contribution in [0.25, 0.3) is 11.1 Å². The second-order valence-corrected chi connectivity index (χ2v) is 15.7. The lowest BCUT2D eigenvalue weighted by molar-refractivity contribution is 0.0442. The van der Waals surface area contributed by atoms with Crippen LogP contribution in [0.3, 0.4) is 0 Å². The summed E-state index contributed by atoms with van der Waals surface area (Å²) in [6.45, 7) is 0. The van der Waals surface area contributed by atoms with E-state index in [4.69, 9.17) is 23.7 Å². The Morgan fingerprint density at radius 2 is 0.761 bits per heavy atom. The van der Waals surface area contributed by atoms with Crippen LogP contribution in [0.4, 0.5) is 0 Å². The third kappa shape index (κ3) is 7.05. The first-order valence-electron chi connectivity index (χ1n) is 20.9. The molecule has 0 bridgehead atoms. The van der Waals surface area contributed by atoms with Crippen molar-refractivity contribution in [2.24, 2.45) is 0 Å². The predicted octanol–water partition coefficient (Wildman–Crippen LogP) is 10.4. The highest BCUT2D eigenvalue weighted by Crippen LogP contribution is 2.56. The Kier molecular flexibility index (Phi) is 9.63. The highest BCUT2D eigenvalue weighted by atomic mass is 16.6. The van der Waals surface area contributed by atoms with Gasteiger partial charge in [0.2, 0.25) is 0 Å². The Hall–Kier alpha value is -9.42. The summed E-state index contributed by atoms with van der Waals surface area (Å²) in [7, 11) is 0. The standard InChI is InChI=1S/C55H30O12/c56-49(31-9-27-43-45(29-31)53(60)66-51(43)58)64-39-23-19-37(20-24-39)62-35-15-11-33(12-16-35)55(47-7-3-1-5-41(47)42-6-2-4-8-48(42)55)34-13-17-36(18-14-34)63-38-21-25-40(26-22-38)65-50(57)32-10-28-44-46(30-32)54(61)67-52(44)59/h1-30H/p+1. The van der Waals surface area contributed by atoms with Gasteiger partial charge >= 0.3 is 35.8 Å². The van der Waals surface area contributed by atoms with E-state index in [9.17, 15) is 28.8 Å². The Balaban J connectivity index is 0.813. The van der Waals surface area contributed by atoms with Crippen LogP contribution in [-0.4, -0.2) is 40.6 Å². The Labute approximate surface area is 380 Å². The summed E-state index contributed by atoms with van der Waals surface area (Å²) < 4.78 is 32.9. The molecule has 0 radical (unpaired) electrons. The fourth-order valence-corrected chi connectivity index (χ4v) is 8.76. The average Bonchev–Trinajstić information content (AvgIpc) is 3.94. The van der Waals surface area contributed by atoms with Crippen LogP contribution in [0.15, 0.2) is 182 Å². The maximum Gasteiger partial charge on any atom is 0.527 e. The molecule has 3 aliphatic rings. The first-order valence-corrected chi connectivity index (χ1v) is 20.9. The number of cyclic esters (lactones) is 4. The van der Waals surface area contributed by atoms with Gasteiger partial charge < -0.3 is 28.5 Å². The number of esters is 6. The average molecular weight is 884 g/mol. The monoisotopic (exact) mass is 883 g/mol. The summed E-state index contributed by atoms with van der Waals surface area (Å²) in [6.07, 6.45) is 0. The molecule has 2 aliphatic heterocycles. The third-order valence-corrected chi connectivity index (χ3v) is 11.8. The summed E-state index contributed by atoms with van der Waals surface area (Å²) in [6, 6.07) is 54.1. The van der Waals surface area contributed by atoms with E-state index in [0.717, 1.165) is 33.4 Å². The first kappa shape index (κ1) is 40.4. The Morgan fingerprint density at radius 1 is 0.388 bits per heavy atom. The molecule has 8 aromatic rings. The molecule has 0 atom stereocenters. The van der Waals surface area contributed by atoms with Crippen LogP contribution >= 0.6 is 0 Å². The number of benzene rings is 8. The summed E-state index contributed by atoms with van der Waals surface area (Å²) >= 11 is 0. The van der Waals surface area contributed by atoms with Crippen molar-refractivity contribution < 1.29 is 57.2 Å². The van der Waals surface area contributed by atoms with Gasteiger partial charge in [-0.15, -0.1) is 0 Å². The van der Waals surface area contributed by atoms with Gasteiger partial charge in [0.05, 0.1) is 27.7 Å². The number of hydrogen-bond acceptors (Lipinski definition) is 11. The molecule has 12 nitrogen and oxygen atoms in total. The minimum atomic E-state index is -0.808. The van der Waals surface area contributed by atoms with Crippen LogP contribution in [0.1, 0.15) is 79.6 Å². The molecule has 8 aromatic carbocycles. The third-order valence-electron chi connectivity index (χ3n) is 11.8. The molecule has 0 saturated carbocycles. The molecule has 0 amide bonds. The van der Waals surface area contributed by atoms with Gasteiger partial charge in [-0.05, 0) is 143 Å². The van der Waals surface area contributed by atoms with Crippen molar-refractivity contribution in [3.05, 3.63) is 238 Å². The molecule has 0 saturated heterocycles. The van der Waals surface area contributed by atoms with Crippen LogP contribution < -0.4 is 18.9 Å². The largest absolute Gasteiger partial charge is 0.527 e. The van der Waals surface area contributed by atoms with Crippen LogP contribution in [0.5, 0.6) is 34.5 Å². The predicted molar refractivity (Wildman–Crippen MR) is 241 cm³/mol. The summed E-state index contributed by atoms with van der Waals surface area (Å²) in [5.41, 5.74) is 6.48. The van der Waals surface area contributed by atoms with Crippen molar-refractivity contribution in [1.29, 1.82) is 0 Å². The highest BCUT2D eigenvalue weighted by molar-refractivity contribution is 6.16. The van der Waals surface area contributed by atoms with E-state index in [0.29, 0.717) is 23.0 Å². The molecule has 0 aromatic heterocycles. The number of rotatable bonds is 10. The van der Waals surface area contributed by atoms with Gasteiger partial charge in [0.25, 0.3) is 0 Å². The quantitative estimate of drug-likeness (QED) is 0.0556. The molecule has 322 valence electrons. The molecular weight excluding hydrogens is 853 g/mol. The van der Waals surface area contributed by atoms with Crippen LogP contribution in [0.2, 0.25) is 0 Å². The lowest BCUT2D eigenvalue weighted by atomic mass is 9.68. The Bertz CT molecular complexity index is 3160. The zero-order chi connectivity index (χ0) is 45.8. The van der Waals surface area contributed by atoms with E-state index in [1.807, 2.05) is 48.5 Å². The first-order chi connectivity index (χ1) is 32.6. The molecular formula is C55H31O12+. The van der Waals surface area contributed by atoms with E-state index >= 15 is 0 Å². The molecule has 2 heterocycles. The molecule has 11 rings (SSSR count). The van der Waals surface area contributed by atoms with E-state index in [-0.39, 0.29) is 44.9 Å². The molecule has 0 unspecified atom stereocenters. The van der Waals surface area contributed by atoms with Gasteiger partial charge in [-0.3, -0.25) is 0 Å². The number of hydrogen-bond donors (Lipinski definition) is 0. The maximum absolute atomic E-state index is 12.9.